The molecule has 1 aliphatic carbocycles. The molecule has 5 nitrogen and oxygen atoms in total. The Hall–Kier alpha value is -2.55. The summed E-state index contributed by atoms with van der Waals surface area (Å²) >= 11 is 1.35. The molecule has 0 saturated heterocycles. The zero-order valence-corrected chi connectivity index (χ0v) is 19.3. The topological polar surface area (TPSA) is 68.0 Å². The minimum atomic E-state index is -2.66. The van der Waals surface area contributed by atoms with Gasteiger partial charge in [-0.1, -0.05) is 23.9 Å². The van der Waals surface area contributed by atoms with Gasteiger partial charge in [0.25, 0.3) is 0 Å². The molecular weight excluding hydrogens is 451 g/mol. The molecule has 9 heteroatoms. The second kappa shape index (κ2) is 9.37. The Morgan fingerprint density at radius 1 is 1.36 bits per heavy atom. The maximum atomic E-state index is 14.1. The van der Waals surface area contributed by atoms with Crippen molar-refractivity contribution in [2.24, 2.45) is 0 Å². The monoisotopic (exact) mass is 477 g/mol. The number of hydrogen-bond donors (Lipinski definition) is 1. The zero-order chi connectivity index (χ0) is 23.8. The van der Waals surface area contributed by atoms with Crippen molar-refractivity contribution < 1.29 is 23.1 Å². The van der Waals surface area contributed by atoms with Crippen LogP contribution in [0.4, 0.5) is 13.2 Å². The first-order valence-electron chi connectivity index (χ1n) is 11.0. The van der Waals surface area contributed by atoms with Crippen molar-refractivity contribution in [3.63, 3.8) is 0 Å². The summed E-state index contributed by atoms with van der Waals surface area (Å²) in [5, 5.41) is 9.45. The van der Waals surface area contributed by atoms with Crippen LogP contribution >= 0.6 is 11.8 Å². The molecule has 1 fully saturated rings. The van der Waals surface area contributed by atoms with Gasteiger partial charge < -0.3 is 9.67 Å². The molecule has 0 aliphatic heterocycles. The fraction of sp³-hybridized carbons (Fsp3) is 0.458. The van der Waals surface area contributed by atoms with E-state index in [2.05, 4.69) is 4.98 Å². The van der Waals surface area contributed by atoms with Crippen molar-refractivity contribution in [3.8, 4) is 0 Å². The first-order valence-corrected chi connectivity index (χ1v) is 12.0. The van der Waals surface area contributed by atoms with Gasteiger partial charge in [0, 0.05) is 30.8 Å². The van der Waals surface area contributed by atoms with Crippen LogP contribution in [-0.2, 0) is 17.0 Å². The standard InChI is InChI=1S/C24H26F3N3O2S/c1-14(2)30-12-18(16-4-3-7-24(26,27)10-16)22-20(30)11-28-23(29-22)33-13-15-5-6-19(25)17(8-15)9-21(31)32/h5-6,8,11-12,14,16H,3-4,7,9-10,13H2,1-2H3,(H,31,32). The molecule has 1 aliphatic rings. The van der Waals surface area contributed by atoms with E-state index < -0.39 is 17.7 Å². The van der Waals surface area contributed by atoms with Gasteiger partial charge in [0.05, 0.1) is 23.7 Å². The van der Waals surface area contributed by atoms with Crippen molar-refractivity contribution in [3.05, 3.63) is 53.1 Å². The summed E-state index contributed by atoms with van der Waals surface area (Å²) in [5.74, 6) is -4.12. The summed E-state index contributed by atoms with van der Waals surface area (Å²) < 4.78 is 44.1. The summed E-state index contributed by atoms with van der Waals surface area (Å²) in [6, 6.07) is 4.55. The number of carboxylic acids is 1. The Balaban J connectivity index is 1.61. The first kappa shape index (κ1) is 23.6. The molecular formula is C24H26F3N3O2S. The third-order valence-corrected chi connectivity index (χ3v) is 6.97. The van der Waals surface area contributed by atoms with Crippen molar-refractivity contribution in [2.45, 2.75) is 74.7 Å². The average Bonchev–Trinajstić information content (AvgIpc) is 3.12. The van der Waals surface area contributed by atoms with Gasteiger partial charge in [-0.25, -0.2) is 23.1 Å². The number of aromatic nitrogens is 3. The number of alkyl halides is 2. The highest BCUT2D eigenvalue weighted by Gasteiger charge is 2.38. The fourth-order valence-corrected chi connectivity index (χ4v) is 5.20. The highest BCUT2D eigenvalue weighted by molar-refractivity contribution is 7.98. The van der Waals surface area contributed by atoms with Crippen molar-refractivity contribution in [2.75, 3.05) is 0 Å². The molecule has 0 spiro atoms. The molecule has 33 heavy (non-hydrogen) atoms. The number of rotatable bonds is 7. The summed E-state index contributed by atoms with van der Waals surface area (Å²) in [4.78, 5) is 20.1. The number of carbonyl (C=O) groups is 1. The third-order valence-electron chi connectivity index (χ3n) is 6.03. The molecule has 0 radical (unpaired) electrons. The lowest BCUT2D eigenvalue weighted by Gasteiger charge is -2.28. The van der Waals surface area contributed by atoms with Crippen LogP contribution in [0.15, 0.2) is 35.7 Å². The number of benzene rings is 1. The molecule has 0 amide bonds. The van der Waals surface area contributed by atoms with Gasteiger partial charge in [-0.05, 0) is 55.4 Å². The minimum absolute atomic E-state index is 0.0655. The molecule has 2 aromatic heterocycles. The van der Waals surface area contributed by atoms with Crippen LogP contribution < -0.4 is 0 Å². The summed E-state index contributed by atoms with van der Waals surface area (Å²) in [5.41, 5.74) is 3.26. The number of halogens is 3. The van der Waals surface area contributed by atoms with Crippen molar-refractivity contribution in [1.82, 2.24) is 14.5 Å². The van der Waals surface area contributed by atoms with E-state index in [1.807, 2.05) is 24.6 Å². The van der Waals surface area contributed by atoms with Crippen LogP contribution in [0, 0.1) is 5.82 Å². The van der Waals surface area contributed by atoms with E-state index in [0.29, 0.717) is 29.3 Å². The van der Waals surface area contributed by atoms with Gasteiger partial charge in [-0.15, -0.1) is 0 Å². The highest BCUT2D eigenvalue weighted by atomic mass is 32.2. The molecule has 1 N–H and O–H groups in total. The Kier molecular flexibility index (Phi) is 6.70. The maximum absolute atomic E-state index is 14.1. The fourth-order valence-electron chi connectivity index (χ4n) is 4.44. The van der Waals surface area contributed by atoms with Crippen LogP contribution in [-0.4, -0.2) is 31.5 Å². The van der Waals surface area contributed by atoms with Crippen molar-refractivity contribution in [1.29, 1.82) is 0 Å². The summed E-state index contributed by atoms with van der Waals surface area (Å²) in [7, 11) is 0. The largest absolute Gasteiger partial charge is 0.481 e. The lowest BCUT2D eigenvalue weighted by molar-refractivity contribution is -0.136. The predicted molar refractivity (Wildman–Crippen MR) is 121 cm³/mol. The molecule has 4 rings (SSSR count). The van der Waals surface area contributed by atoms with Gasteiger partial charge in [0.1, 0.15) is 5.82 Å². The predicted octanol–water partition coefficient (Wildman–Crippen LogP) is 6.36. The molecule has 1 saturated carbocycles. The van der Waals surface area contributed by atoms with Gasteiger partial charge in [-0.3, -0.25) is 4.79 Å². The lowest BCUT2D eigenvalue weighted by atomic mass is 9.82. The highest BCUT2D eigenvalue weighted by Crippen LogP contribution is 2.44. The number of nitrogens with zero attached hydrogens (tertiary/aromatic N) is 3. The van der Waals surface area contributed by atoms with Crippen molar-refractivity contribution >= 4 is 28.8 Å². The van der Waals surface area contributed by atoms with E-state index in [1.165, 1.54) is 17.8 Å². The quantitative estimate of drug-likeness (QED) is 0.317. The Morgan fingerprint density at radius 3 is 2.85 bits per heavy atom. The summed E-state index contributed by atoms with van der Waals surface area (Å²) in [6.45, 7) is 4.06. The maximum Gasteiger partial charge on any atom is 0.307 e. The number of aliphatic carboxylic acids is 1. The molecule has 3 aromatic rings. The number of carboxylic acid groups (broad SMARTS) is 1. The normalized spacial score (nSPS) is 18.2. The number of fused-ring (bicyclic) bond motifs is 1. The Bertz CT molecular complexity index is 1180. The van der Waals surface area contributed by atoms with Crippen LogP contribution in [0.2, 0.25) is 0 Å². The van der Waals surface area contributed by atoms with Crippen LogP contribution in [0.5, 0.6) is 0 Å². The van der Waals surface area contributed by atoms with Gasteiger partial charge in [0.15, 0.2) is 5.16 Å². The molecule has 1 aromatic carbocycles. The second-order valence-electron chi connectivity index (χ2n) is 8.91. The van der Waals surface area contributed by atoms with Gasteiger partial charge >= 0.3 is 5.97 Å². The molecule has 176 valence electrons. The van der Waals surface area contributed by atoms with E-state index in [0.717, 1.165) is 16.6 Å². The molecule has 1 atom stereocenters. The van der Waals surface area contributed by atoms with E-state index in [4.69, 9.17) is 10.1 Å². The third kappa shape index (κ3) is 5.34. The zero-order valence-electron chi connectivity index (χ0n) is 18.5. The number of hydrogen-bond acceptors (Lipinski definition) is 4. The molecule has 2 heterocycles. The van der Waals surface area contributed by atoms with E-state index in [1.54, 1.807) is 18.3 Å². The SMILES string of the molecule is CC(C)n1cc(C2CCCC(F)(F)C2)c2nc(SCc3ccc(F)c(CC(=O)O)c3)ncc21. The first-order chi connectivity index (χ1) is 15.6. The van der Waals surface area contributed by atoms with Gasteiger partial charge in [0.2, 0.25) is 5.92 Å². The molecule has 1 unspecified atom stereocenters. The minimum Gasteiger partial charge on any atom is -0.481 e. The Morgan fingerprint density at radius 2 is 2.15 bits per heavy atom. The van der Waals surface area contributed by atoms with E-state index >= 15 is 0 Å². The average molecular weight is 478 g/mol. The van der Waals surface area contributed by atoms with Gasteiger partial charge in [-0.2, -0.15) is 0 Å². The Labute approximate surface area is 194 Å². The smallest absolute Gasteiger partial charge is 0.307 e. The van der Waals surface area contributed by atoms with Crippen LogP contribution in [0.25, 0.3) is 11.0 Å². The van der Waals surface area contributed by atoms with Crippen LogP contribution in [0.3, 0.4) is 0 Å². The lowest BCUT2D eigenvalue weighted by Crippen LogP contribution is -2.24. The van der Waals surface area contributed by atoms with E-state index in [9.17, 15) is 18.0 Å². The number of thioether (sulfide) groups is 1. The second-order valence-corrected chi connectivity index (χ2v) is 9.85. The molecule has 0 bridgehead atoms. The summed E-state index contributed by atoms with van der Waals surface area (Å²) in [6.07, 6.45) is 4.26. The van der Waals surface area contributed by atoms with E-state index in [-0.39, 0.29) is 36.8 Å². The van der Waals surface area contributed by atoms with Crippen LogP contribution in [0.1, 0.15) is 68.2 Å².